The van der Waals surface area contributed by atoms with E-state index in [2.05, 4.69) is 0 Å². The molecule has 0 aromatic heterocycles. The van der Waals surface area contributed by atoms with Gasteiger partial charge in [0.05, 0.1) is 7.11 Å². The number of amides is 1. The molecule has 122 valence electrons. The summed E-state index contributed by atoms with van der Waals surface area (Å²) >= 11 is 0. The Morgan fingerprint density at radius 3 is 2.26 bits per heavy atom. The van der Waals surface area contributed by atoms with Gasteiger partial charge in [0.2, 0.25) is 5.91 Å². The lowest BCUT2D eigenvalue weighted by Gasteiger charge is -2.31. The number of methoxy groups -OCH3 is 1. The Morgan fingerprint density at radius 1 is 1.13 bits per heavy atom. The van der Waals surface area contributed by atoms with Gasteiger partial charge in [0.15, 0.2) is 0 Å². The molecule has 2 aromatic carbocycles. The molecule has 0 saturated carbocycles. The number of carbonyl (C=O) groups is 1. The topological polar surface area (TPSA) is 55.6 Å². The highest BCUT2D eigenvalue weighted by Gasteiger charge is 2.33. The molecule has 0 heterocycles. The van der Waals surface area contributed by atoms with Crippen molar-refractivity contribution in [3.05, 3.63) is 65.7 Å². The molecule has 0 spiro atoms. The van der Waals surface area contributed by atoms with E-state index < -0.39 is 5.54 Å². The van der Waals surface area contributed by atoms with Crippen molar-refractivity contribution >= 4 is 5.91 Å². The lowest BCUT2D eigenvalue weighted by molar-refractivity contribution is -0.137. The molecule has 2 aromatic rings. The van der Waals surface area contributed by atoms with E-state index in [9.17, 15) is 4.79 Å². The standard InChI is InChI=1S/C19H24N2O2/c1-4-21(14-15-10-12-17(23-3)13-11-15)18(22)19(2,20)16-8-6-5-7-9-16/h5-13H,4,14,20H2,1-3H3. The molecule has 1 amide bonds. The van der Waals surface area contributed by atoms with E-state index in [1.165, 1.54) is 0 Å². The van der Waals surface area contributed by atoms with Gasteiger partial charge in [-0.25, -0.2) is 0 Å². The summed E-state index contributed by atoms with van der Waals surface area (Å²) in [6.07, 6.45) is 0. The normalized spacial score (nSPS) is 13.2. The zero-order valence-corrected chi connectivity index (χ0v) is 14.0. The number of rotatable bonds is 6. The number of nitrogens with two attached hydrogens (primary N) is 1. The predicted molar refractivity (Wildman–Crippen MR) is 92.1 cm³/mol. The monoisotopic (exact) mass is 312 g/mol. The van der Waals surface area contributed by atoms with Crippen LogP contribution in [0.5, 0.6) is 5.75 Å². The van der Waals surface area contributed by atoms with Crippen LogP contribution in [0.4, 0.5) is 0 Å². The van der Waals surface area contributed by atoms with Crippen molar-refractivity contribution in [2.24, 2.45) is 5.73 Å². The van der Waals surface area contributed by atoms with Gasteiger partial charge in [-0.1, -0.05) is 42.5 Å². The maximum atomic E-state index is 12.9. The fraction of sp³-hybridized carbons (Fsp3) is 0.316. The third-order valence-electron chi connectivity index (χ3n) is 4.02. The quantitative estimate of drug-likeness (QED) is 0.892. The summed E-state index contributed by atoms with van der Waals surface area (Å²) in [5.41, 5.74) is 7.17. The number of benzene rings is 2. The Labute approximate surface area is 137 Å². The highest BCUT2D eigenvalue weighted by molar-refractivity contribution is 5.87. The SMILES string of the molecule is CCN(Cc1ccc(OC)cc1)C(=O)C(C)(N)c1ccccc1. The van der Waals surface area contributed by atoms with Crippen molar-refractivity contribution in [2.75, 3.05) is 13.7 Å². The minimum Gasteiger partial charge on any atom is -0.497 e. The second-order valence-corrected chi connectivity index (χ2v) is 5.74. The number of hydrogen-bond acceptors (Lipinski definition) is 3. The van der Waals surface area contributed by atoms with Crippen LogP contribution in [0.1, 0.15) is 25.0 Å². The van der Waals surface area contributed by atoms with Crippen molar-refractivity contribution in [3.8, 4) is 5.75 Å². The Bertz CT molecular complexity index is 636. The van der Waals surface area contributed by atoms with E-state index in [0.717, 1.165) is 16.9 Å². The largest absolute Gasteiger partial charge is 0.497 e. The Balaban J connectivity index is 2.17. The van der Waals surface area contributed by atoms with E-state index >= 15 is 0 Å². The number of carbonyl (C=O) groups excluding carboxylic acids is 1. The Hall–Kier alpha value is -2.33. The van der Waals surface area contributed by atoms with Crippen LogP contribution < -0.4 is 10.5 Å². The zero-order valence-electron chi connectivity index (χ0n) is 14.0. The van der Waals surface area contributed by atoms with E-state index in [1.807, 2.05) is 61.5 Å². The summed E-state index contributed by atoms with van der Waals surface area (Å²) in [6, 6.07) is 17.2. The highest BCUT2D eigenvalue weighted by atomic mass is 16.5. The van der Waals surface area contributed by atoms with Gasteiger partial charge < -0.3 is 15.4 Å². The predicted octanol–water partition coefficient (Wildman–Crippen LogP) is 2.92. The number of likely N-dealkylation sites (N-methyl/N-ethyl adjacent to an activating group) is 1. The second-order valence-electron chi connectivity index (χ2n) is 5.74. The average molecular weight is 312 g/mol. The summed E-state index contributed by atoms with van der Waals surface area (Å²) < 4.78 is 5.16. The van der Waals surface area contributed by atoms with Gasteiger partial charge in [0.1, 0.15) is 11.3 Å². The fourth-order valence-corrected chi connectivity index (χ4v) is 2.51. The Kier molecular flexibility index (Phi) is 5.40. The maximum absolute atomic E-state index is 12.9. The van der Waals surface area contributed by atoms with Crippen molar-refractivity contribution in [1.29, 1.82) is 0 Å². The summed E-state index contributed by atoms with van der Waals surface area (Å²) in [6.45, 7) is 4.85. The lowest BCUT2D eigenvalue weighted by atomic mass is 9.91. The van der Waals surface area contributed by atoms with E-state index in [-0.39, 0.29) is 5.91 Å². The highest BCUT2D eigenvalue weighted by Crippen LogP contribution is 2.22. The second kappa shape index (κ2) is 7.29. The minimum atomic E-state index is -1.04. The first-order chi connectivity index (χ1) is 11.0. The molecular formula is C19H24N2O2. The van der Waals surface area contributed by atoms with Crippen LogP contribution in [0.2, 0.25) is 0 Å². The van der Waals surface area contributed by atoms with Gasteiger partial charge in [-0.05, 0) is 37.1 Å². The van der Waals surface area contributed by atoms with Gasteiger partial charge >= 0.3 is 0 Å². The van der Waals surface area contributed by atoms with Crippen LogP contribution in [0.3, 0.4) is 0 Å². The molecule has 0 bridgehead atoms. The van der Waals surface area contributed by atoms with E-state index in [4.69, 9.17) is 10.5 Å². The van der Waals surface area contributed by atoms with Crippen LogP contribution >= 0.6 is 0 Å². The minimum absolute atomic E-state index is 0.0815. The average Bonchev–Trinajstić information content (AvgIpc) is 2.60. The molecule has 0 saturated heterocycles. The van der Waals surface area contributed by atoms with Crippen molar-refractivity contribution < 1.29 is 9.53 Å². The smallest absolute Gasteiger partial charge is 0.247 e. The molecule has 4 heteroatoms. The molecule has 0 aliphatic carbocycles. The maximum Gasteiger partial charge on any atom is 0.247 e. The van der Waals surface area contributed by atoms with E-state index in [1.54, 1.807) is 18.9 Å². The molecule has 0 aliphatic rings. The third-order valence-corrected chi connectivity index (χ3v) is 4.02. The molecule has 0 aliphatic heterocycles. The van der Waals surface area contributed by atoms with Crippen LogP contribution in [-0.2, 0) is 16.9 Å². The van der Waals surface area contributed by atoms with Crippen LogP contribution in [0, 0.1) is 0 Å². The van der Waals surface area contributed by atoms with Crippen LogP contribution in [-0.4, -0.2) is 24.5 Å². The van der Waals surface area contributed by atoms with Gasteiger partial charge in [0.25, 0.3) is 0 Å². The first-order valence-electron chi connectivity index (χ1n) is 7.75. The zero-order chi connectivity index (χ0) is 16.9. The summed E-state index contributed by atoms with van der Waals surface area (Å²) in [7, 11) is 1.64. The number of ether oxygens (including phenoxy) is 1. The van der Waals surface area contributed by atoms with Crippen molar-refractivity contribution in [2.45, 2.75) is 25.9 Å². The molecule has 2 N–H and O–H groups in total. The molecule has 1 unspecified atom stereocenters. The molecule has 4 nitrogen and oxygen atoms in total. The molecule has 2 rings (SSSR count). The van der Waals surface area contributed by atoms with Crippen LogP contribution in [0.15, 0.2) is 54.6 Å². The van der Waals surface area contributed by atoms with Crippen molar-refractivity contribution in [3.63, 3.8) is 0 Å². The van der Waals surface area contributed by atoms with Crippen molar-refractivity contribution in [1.82, 2.24) is 4.90 Å². The van der Waals surface area contributed by atoms with E-state index in [0.29, 0.717) is 13.1 Å². The van der Waals surface area contributed by atoms with Gasteiger partial charge in [-0.3, -0.25) is 4.79 Å². The Morgan fingerprint density at radius 2 is 1.74 bits per heavy atom. The molecule has 23 heavy (non-hydrogen) atoms. The lowest BCUT2D eigenvalue weighted by Crippen LogP contribution is -2.50. The summed E-state index contributed by atoms with van der Waals surface area (Å²) in [4.78, 5) is 14.7. The fourth-order valence-electron chi connectivity index (χ4n) is 2.51. The first-order valence-corrected chi connectivity index (χ1v) is 7.75. The molecule has 1 atom stereocenters. The van der Waals surface area contributed by atoms with Gasteiger partial charge in [-0.2, -0.15) is 0 Å². The van der Waals surface area contributed by atoms with Crippen LogP contribution in [0.25, 0.3) is 0 Å². The van der Waals surface area contributed by atoms with Gasteiger partial charge in [-0.15, -0.1) is 0 Å². The summed E-state index contributed by atoms with van der Waals surface area (Å²) in [5.74, 6) is 0.720. The molecular weight excluding hydrogens is 288 g/mol. The first kappa shape index (κ1) is 17.0. The third kappa shape index (κ3) is 3.90. The number of nitrogens with zero attached hydrogens (tertiary/aromatic N) is 1. The molecule has 0 fully saturated rings. The molecule has 0 radical (unpaired) electrons. The van der Waals surface area contributed by atoms with Gasteiger partial charge in [0, 0.05) is 13.1 Å². The summed E-state index contributed by atoms with van der Waals surface area (Å²) in [5, 5.41) is 0. The number of hydrogen-bond donors (Lipinski definition) is 1.